The van der Waals surface area contributed by atoms with Crippen LogP contribution in [-0.4, -0.2) is 60.5 Å². The third-order valence-electron chi connectivity index (χ3n) is 3.80. The molecule has 1 unspecified atom stereocenters. The van der Waals surface area contributed by atoms with E-state index in [4.69, 9.17) is 0 Å². The number of likely N-dealkylation sites (N-methyl/N-ethyl adjacent to an activating group) is 1. The van der Waals surface area contributed by atoms with Gasteiger partial charge in [0.25, 0.3) is 5.91 Å². The van der Waals surface area contributed by atoms with Gasteiger partial charge in [0.1, 0.15) is 5.82 Å². The Morgan fingerprint density at radius 3 is 2.84 bits per heavy atom. The van der Waals surface area contributed by atoms with Crippen molar-refractivity contribution in [1.29, 1.82) is 0 Å². The molecule has 1 saturated heterocycles. The minimum Gasteiger partial charge on any atom is -0.373 e. The molecule has 0 saturated carbocycles. The molecule has 1 N–H and O–H groups in total. The number of aromatic nitrogens is 1. The first kappa shape index (κ1) is 13.8. The number of carbonyl (C=O) groups excluding carboxylic acids is 1. The van der Waals surface area contributed by atoms with Crippen LogP contribution in [0.3, 0.4) is 0 Å². The van der Waals surface area contributed by atoms with E-state index in [1.807, 2.05) is 24.1 Å². The number of nitrogens with zero attached hydrogens (tertiary/aromatic N) is 3. The van der Waals surface area contributed by atoms with Gasteiger partial charge in [-0.2, -0.15) is 0 Å². The van der Waals surface area contributed by atoms with Crippen molar-refractivity contribution < 1.29 is 4.79 Å². The molecular formula is C14H22N4O. The van der Waals surface area contributed by atoms with Crippen molar-refractivity contribution >= 4 is 11.7 Å². The van der Waals surface area contributed by atoms with Gasteiger partial charge in [-0.05, 0) is 25.6 Å². The zero-order valence-corrected chi connectivity index (χ0v) is 11.9. The Kier molecular flexibility index (Phi) is 4.37. The van der Waals surface area contributed by atoms with E-state index in [1.165, 1.54) is 0 Å². The maximum atomic E-state index is 12.4. The standard InChI is InChI=1S/C14H22N4O/c1-4-12-10-18(8-7-17(12)3)14(19)11-5-6-13(15-2)16-9-11/h5-6,9,12H,4,7-8,10H2,1-3H3,(H,15,16). The fourth-order valence-corrected chi connectivity index (χ4v) is 2.42. The molecule has 1 aromatic heterocycles. The lowest BCUT2D eigenvalue weighted by atomic mass is 10.1. The highest BCUT2D eigenvalue weighted by atomic mass is 16.2. The van der Waals surface area contributed by atoms with Crippen molar-refractivity contribution in [2.75, 3.05) is 39.0 Å². The number of carbonyl (C=O) groups is 1. The molecule has 1 amide bonds. The van der Waals surface area contributed by atoms with Gasteiger partial charge in [-0.1, -0.05) is 6.92 Å². The Morgan fingerprint density at radius 1 is 1.47 bits per heavy atom. The third-order valence-corrected chi connectivity index (χ3v) is 3.80. The van der Waals surface area contributed by atoms with Crippen LogP contribution >= 0.6 is 0 Å². The molecule has 1 atom stereocenters. The maximum absolute atomic E-state index is 12.4. The van der Waals surface area contributed by atoms with E-state index in [1.54, 1.807) is 6.20 Å². The minimum atomic E-state index is 0.0849. The molecule has 1 aromatic rings. The van der Waals surface area contributed by atoms with Gasteiger partial charge >= 0.3 is 0 Å². The molecule has 1 aliphatic rings. The summed E-state index contributed by atoms with van der Waals surface area (Å²) in [5, 5.41) is 2.95. The minimum absolute atomic E-state index is 0.0849. The number of hydrogen-bond acceptors (Lipinski definition) is 4. The van der Waals surface area contributed by atoms with E-state index >= 15 is 0 Å². The molecule has 0 bridgehead atoms. The van der Waals surface area contributed by atoms with E-state index in [2.05, 4.69) is 29.2 Å². The molecule has 0 aromatic carbocycles. The summed E-state index contributed by atoms with van der Waals surface area (Å²) < 4.78 is 0. The van der Waals surface area contributed by atoms with Gasteiger partial charge in [0, 0.05) is 38.9 Å². The molecule has 5 nitrogen and oxygen atoms in total. The lowest BCUT2D eigenvalue weighted by Crippen LogP contribution is -2.52. The number of pyridine rings is 1. The summed E-state index contributed by atoms with van der Waals surface area (Å²) in [5.41, 5.74) is 0.665. The Balaban J connectivity index is 2.06. The number of piperazine rings is 1. The lowest BCUT2D eigenvalue weighted by Gasteiger charge is -2.39. The van der Waals surface area contributed by atoms with Crippen molar-refractivity contribution in [1.82, 2.24) is 14.8 Å². The Labute approximate surface area is 114 Å². The Bertz CT molecular complexity index is 432. The highest BCUT2D eigenvalue weighted by Gasteiger charge is 2.26. The fraction of sp³-hybridized carbons (Fsp3) is 0.571. The summed E-state index contributed by atoms with van der Waals surface area (Å²) >= 11 is 0. The first-order chi connectivity index (χ1) is 9.15. The van der Waals surface area contributed by atoms with Crippen LogP contribution in [0.5, 0.6) is 0 Å². The van der Waals surface area contributed by atoms with Crippen LogP contribution < -0.4 is 5.32 Å². The highest BCUT2D eigenvalue weighted by Crippen LogP contribution is 2.14. The normalized spacial score (nSPS) is 20.4. The number of rotatable bonds is 3. The smallest absolute Gasteiger partial charge is 0.255 e. The highest BCUT2D eigenvalue weighted by molar-refractivity contribution is 5.94. The molecule has 2 heterocycles. The molecule has 2 rings (SSSR count). The molecule has 19 heavy (non-hydrogen) atoms. The Morgan fingerprint density at radius 2 is 2.26 bits per heavy atom. The number of hydrogen-bond donors (Lipinski definition) is 1. The lowest BCUT2D eigenvalue weighted by molar-refractivity contribution is 0.0541. The quantitative estimate of drug-likeness (QED) is 0.891. The van der Waals surface area contributed by atoms with Crippen molar-refractivity contribution in [3.8, 4) is 0 Å². The van der Waals surface area contributed by atoms with Crippen LogP contribution in [0, 0.1) is 0 Å². The fourth-order valence-electron chi connectivity index (χ4n) is 2.42. The first-order valence-corrected chi connectivity index (χ1v) is 6.79. The summed E-state index contributed by atoms with van der Waals surface area (Å²) in [4.78, 5) is 20.9. The van der Waals surface area contributed by atoms with Crippen molar-refractivity contribution in [2.45, 2.75) is 19.4 Å². The summed E-state index contributed by atoms with van der Waals surface area (Å²) in [6.07, 6.45) is 2.71. The molecule has 5 heteroatoms. The topological polar surface area (TPSA) is 48.5 Å². The van der Waals surface area contributed by atoms with Crippen molar-refractivity contribution in [2.24, 2.45) is 0 Å². The zero-order valence-electron chi connectivity index (χ0n) is 11.9. The predicted molar refractivity (Wildman–Crippen MR) is 76.4 cm³/mol. The second kappa shape index (κ2) is 6.02. The van der Waals surface area contributed by atoms with Gasteiger partial charge in [0.2, 0.25) is 0 Å². The average Bonchev–Trinajstić information content (AvgIpc) is 2.47. The summed E-state index contributed by atoms with van der Waals surface area (Å²) in [7, 11) is 3.94. The van der Waals surface area contributed by atoms with Gasteiger partial charge in [0.05, 0.1) is 5.56 Å². The summed E-state index contributed by atoms with van der Waals surface area (Å²) in [6, 6.07) is 4.13. The van der Waals surface area contributed by atoms with Crippen molar-refractivity contribution in [3.63, 3.8) is 0 Å². The molecular weight excluding hydrogens is 240 g/mol. The molecule has 104 valence electrons. The Hall–Kier alpha value is -1.62. The van der Waals surface area contributed by atoms with E-state index in [0.29, 0.717) is 11.6 Å². The predicted octanol–water partition coefficient (Wildman–Crippen LogP) is 1.29. The van der Waals surface area contributed by atoms with Crippen molar-refractivity contribution in [3.05, 3.63) is 23.9 Å². The van der Waals surface area contributed by atoms with E-state index in [0.717, 1.165) is 31.9 Å². The number of anilines is 1. The molecule has 0 aliphatic carbocycles. The van der Waals surface area contributed by atoms with Crippen LogP contribution in [0.1, 0.15) is 23.7 Å². The van der Waals surface area contributed by atoms with Gasteiger partial charge in [-0.15, -0.1) is 0 Å². The van der Waals surface area contributed by atoms with E-state index in [9.17, 15) is 4.79 Å². The van der Waals surface area contributed by atoms with Crippen LogP contribution in [0.25, 0.3) is 0 Å². The van der Waals surface area contributed by atoms with Crippen LogP contribution in [0.2, 0.25) is 0 Å². The second-order valence-electron chi connectivity index (χ2n) is 4.98. The largest absolute Gasteiger partial charge is 0.373 e. The van der Waals surface area contributed by atoms with Gasteiger partial charge < -0.3 is 10.2 Å². The summed E-state index contributed by atoms with van der Waals surface area (Å²) in [5.74, 6) is 0.864. The molecule has 1 fully saturated rings. The van der Waals surface area contributed by atoms with Crippen LogP contribution in [-0.2, 0) is 0 Å². The summed E-state index contributed by atoms with van der Waals surface area (Å²) in [6.45, 7) is 4.70. The van der Waals surface area contributed by atoms with Gasteiger partial charge in [0.15, 0.2) is 0 Å². The second-order valence-corrected chi connectivity index (χ2v) is 4.98. The molecule has 1 aliphatic heterocycles. The van der Waals surface area contributed by atoms with Crippen LogP contribution in [0.4, 0.5) is 5.82 Å². The van der Waals surface area contributed by atoms with E-state index in [-0.39, 0.29) is 5.91 Å². The maximum Gasteiger partial charge on any atom is 0.255 e. The van der Waals surface area contributed by atoms with Gasteiger partial charge in [-0.25, -0.2) is 4.98 Å². The number of amides is 1. The molecule has 0 spiro atoms. The van der Waals surface area contributed by atoms with E-state index < -0.39 is 0 Å². The monoisotopic (exact) mass is 262 g/mol. The van der Waals surface area contributed by atoms with Crippen LogP contribution in [0.15, 0.2) is 18.3 Å². The third kappa shape index (κ3) is 3.04. The molecule has 0 radical (unpaired) electrons. The SMILES string of the molecule is CCC1CN(C(=O)c2ccc(NC)nc2)CCN1C. The average molecular weight is 262 g/mol. The number of nitrogens with one attached hydrogen (secondary N) is 1. The first-order valence-electron chi connectivity index (χ1n) is 6.79. The zero-order chi connectivity index (χ0) is 13.8. The van der Waals surface area contributed by atoms with Gasteiger partial charge in [-0.3, -0.25) is 9.69 Å².